The van der Waals surface area contributed by atoms with Gasteiger partial charge in [-0.3, -0.25) is 0 Å². The van der Waals surface area contributed by atoms with E-state index in [-0.39, 0.29) is 0 Å². The van der Waals surface area contributed by atoms with Crippen LogP contribution in [0, 0.1) is 0 Å². The average Bonchev–Trinajstić information content (AvgIpc) is 2.63. The Morgan fingerprint density at radius 1 is 0.903 bits per heavy atom. The summed E-state index contributed by atoms with van der Waals surface area (Å²) in [6.45, 7) is -2.45. The number of amides is 1. The number of alkyl halides is 9. The first-order chi connectivity index (χ1) is 13.9. The van der Waals surface area contributed by atoms with Crippen LogP contribution in [-0.2, 0) is 20.9 Å². The van der Waals surface area contributed by atoms with Crippen molar-refractivity contribution in [3.63, 3.8) is 0 Å². The third kappa shape index (κ3) is 5.93. The molecule has 0 aliphatic carbocycles. The summed E-state index contributed by atoms with van der Waals surface area (Å²) in [5.41, 5.74) is -1.24. The van der Waals surface area contributed by atoms with E-state index in [2.05, 4.69) is 4.74 Å². The van der Waals surface area contributed by atoms with E-state index >= 15 is 0 Å². The van der Waals surface area contributed by atoms with Crippen molar-refractivity contribution in [3.05, 3.63) is 29.8 Å². The molecule has 6 nitrogen and oxygen atoms in total. The van der Waals surface area contributed by atoms with Gasteiger partial charge < -0.3 is 9.64 Å². The molecule has 1 aliphatic heterocycles. The van der Waals surface area contributed by atoms with Crippen molar-refractivity contribution in [1.82, 2.24) is 9.21 Å². The summed E-state index contributed by atoms with van der Waals surface area (Å²) in [7, 11) is -4.47. The molecule has 1 heterocycles. The van der Waals surface area contributed by atoms with Crippen LogP contribution >= 0.6 is 0 Å². The zero-order chi connectivity index (χ0) is 23.8. The number of hydrogen-bond donors (Lipinski definition) is 0. The molecule has 0 bridgehead atoms. The van der Waals surface area contributed by atoms with E-state index in [1.165, 1.54) is 0 Å². The van der Waals surface area contributed by atoms with Crippen molar-refractivity contribution in [1.29, 1.82) is 0 Å². The van der Waals surface area contributed by atoms with Gasteiger partial charge in [-0.1, -0.05) is 6.07 Å². The third-order valence-electron chi connectivity index (χ3n) is 4.11. The molecule has 0 saturated carbocycles. The lowest BCUT2D eigenvalue weighted by molar-refractivity contribution is -0.308. The normalized spacial score (nSPS) is 17.2. The molecular weight excluding hydrogens is 475 g/mol. The van der Waals surface area contributed by atoms with Crippen LogP contribution in [-0.4, -0.2) is 68.4 Å². The lowest BCUT2D eigenvalue weighted by atomic mass is 10.2. The second-order valence-corrected chi connectivity index (χ2v) is 8.20. The Labute approximate surface area is 169 Å². The molecule has 16 heteroatoms. The van der Waals surface area contributed by atoms with Gasteiger partial charge in [0.05, 0.1) is 10.5 Å². The Balaban J connectivity index is 2.09. The molecule has 1 saturated heterocycles. The molecule has 176 valence electrons. The SMILES string of the molecule is O=C(OC(C(F)(F)F)C(F)(F)F)N1CCN(S(=O)(=O)c2cccc(C(F)(F)F)c2)CC1. The Bertz CT molecular complexity index is 890. The van der Waals surface area contributed by atoms with Gasteiger partial charge in [0.25, 0.3) is 6.10 Å². The number of nitrogens with zero attached hydrogens (tertiary/aromatic N) is 2. The van der Waals surface area contributed by atoms with Gasteiger partial charge in [0.15, 0.2) is 0 Å². The van der Waals surface area contributed by atoms with Crippen LogP contribution in [0.1, 0.15) is 5.56 Å². The average molecular weight is 488 g/mol. The zero-order valence-corrected chi connectivity index (χ0v) is 15.9. The fraction of sp³-hybridized carbons (Fsp3) is 0.533. The molecule has 0 aromatic heterocycles. The molecule has 0 N–H and O–H groups in total. The van der Waals surface area contributed by atoms with Crippen molar-refractivity contribution in [3.8, 4) is 0 Å². The fourth-order valence-electron chi connectivity index (χ4n) is 2.59. The van der Waals surface area contributed by atoms with Gasteiger partial charge in [0, 0.05) is 26.2 Å². The van der Waals surface area contributed by atoms with Crippen molar-refractivity contribution >= 4 is 16.1 Å². The maximum atomic E-state index is 12.8. The Morgan fingerprint density at radius 2 is 1.42 bits per heavy atom. The molecule has 1 aromatic rings. The molecule has 1 fully saturated rings. The number of piperazine rings is 1. The largest absolute Gasteiger partial charge is 0.434 e. The van der Waals surface area contributed by atoms with E-state index in [9.17, 15) is 52.7 Å². The highest BCUT2D eigenvalue weighted by Crippen LogP contribution is 2.36. The van der Waals surface area contributed by atoms with E-state index < -0.39 is 77.4 Å². The zero-order valence-electron chi connectivity index (χ0n) is 15.1. The number of ether oxygens (including phenoxy) is 1. The third-order valence-corrected chi connectivity index (χ3v) is 6.00. The van der Waals surface area contributed by atoms with E-state index in [4.69, 9.17) is 0 Å². The quantitative estimate of drug-likeness (QED) is 0.610. The van der Waals surface area contributed by atoms with E-state index in [0.29, 0.717) is 21.3 Å². The molecule has 0 unspecified atom stereocenters. The second kappa shape index (κ2) is 8.37. The van der Waals surface area contributed by atoms with Gasteiger partial charge in [-0.2, -0.15) is 43.8 Å². The summed E-state index contributed by atoms with van der Waals surface area (Å²) in [6, 6.07) is 2.78. The van der Waals surface area contributed by atoms with E-state index in [1.807, 2.05) is 0 Å². The minimum absolute atomic E-state index is 0.382. The maximum absolute atomic E-state index is 12.8. The molecular formula is C15H13F9N2O4S. The molecule has 2 rings (SSSR count). The summed E-state index contributed by atoms with van der Waals surface area (Å²) >= 11 is 0. The van der Waals surface area contributed by atoms with E-state index in [1.54, 1.807) is 0 Å². The number of carbonyl (C=O) groups excluding carboxylic acids is 1. The number of halogens is 9. The van der Waals surface area contributed by atoms with Crippen LogP contribution < -0.4 is 0 Å². The molecule has 0 radical (unpaired) electrons. The molecule has 0 spiro atoms. The van der Waals surface area contributed by atoms with Gasteiger partial charge in [-0.25, -0.2) is 13.2 Å². The minimum Gasteiger partial charge on any atom is -0.426 e. The number of rotatable bonds is 3. The second-order valence-electron chi connectivity index (χ2n) is 6.26. The Morgan fingerprint density at radius 3 is 1.87 bits per heavy atom. The van der Waals surface area contributed by atoms with Crippen LogP contribution in [0.4, 0.5) is 44.3 Å². The lowest BCUT2D eigenvalue weighted by Crippen LogP contribution is -2.53. The Kier molecular flexibility index (Phi) is 6.76. The first kappa shape index (κ1) is 25.0. The summed E-state index contributed by atoms with van der Waals surface area (Å²) in [6.07, 6.45) is -23.0. The molecule has 1 aromatic carbocycles. The predicted molar refractivity (Wildman–Crippen MR) is 84.2 cm³/mol. The van der Waals surface area contributed by atoms with Crippen molar-refractivity contribution < 1.29 is 57.5 Å². The van der Waals surface area contributed by atoms with Gasteiger partial charge in [-0.15, -0.1) is 0 Å². The van der Waals surface area contributed by atoms with Crippen LogP contribution in [0.15, 0.2) is 29.2 Å². The van der Waals surface area contributed by atoms with Gasteiger partial charge in [0.2, 0.25) is 10.0 Å². The number of carbonyl (C=O) groups is 1. The summed E-state index contributed by atoms with van der Waals surface area (Å²) < 4.78 is 142. The van der Waals surface area contributed by atoms with Gasteiger partial charge in [-0.05, 0) is 18.2 Å². The minimum atomic E-state index is -5.91. The van der Waals surface area contributed by atoms with Crippen LogP contribution in [0.3, 0.4) is 0 Å². The van der Waals surface area contributed by atoms with E-state index in [0.717, 1.165) is 12.1 Å². The number of sulfonamides is 1. The topological polar surface area (TPSA) is 66.9 Å². The highest BCUT2D eigenvalue weighted by atomic mass is 32.2. The molecule has 31 heavy (non-hydrogen) atoms. The van der Waals surface area contributed by atoms with Crippen LogP contribution in [0.2, 0.25) is 0 Å². The van der Waals surface area contributed by atoms with Crippen LogP contribution in [0.5, 0.6) is 0 Å². The molecule has 1 aliphatic rings. The monoisotopic (exact) mass is 488 g/mol. The highest BCUT2D eigenvalue weighted by molar-refractivity contribution is 7.89. The molecule has 1 amide bonds. The number of benzene rings is 1. The highest BCUT2D eigenvalue weighted by Gasteiger charge is 2.60. The fourth-order valence-corrected chi connectivity index (χ4v) is 4.06. The first-order valence-electron chi connectivity index (χ1n) is 8.20. The Hall–Kier alpha value is -2.23. The maximum Gasteiger partial charge on any atom is 0.434 e. The number of hydrogen-bond acceptors (Lipinski definition) is 4. The summed E-state index contributed by atoms with van der Waals surface area (Å²) in [5, 5.41) is 0. The van der Waals surface area contributed by atoms with Crippen molar-refractivity contribution in [2.45, 2.75) is 29.5 Å². The van der Waals surface area contributed by atoms with Crippen LogP contribution in [0.25, 0.3) is 0 Å². The van der Waals surface area contributed by atoms with Crippen molar-refractivity contribution in [2.75, 3.05) is 26.2 Å². The summed E-state index contributed by atoms with van der Waals surface area (Å²) in [4.78, 5) is 11.4. The van der Waals surface area contributed by atoms with Gasteiger partial charge >= 0.3 is 24.6 Å². The summed E-state index contributed by atoms with van der Waals surface area (Å²) in [5.74, 6) is 0. The van der Waals surface area contributed by atoms with Gasteiger partial charge in [0.1, 0.15) is 0 Å². The predicted octanol–water partition coefficient (Wildman–Crippen LogP) is 3.64. The first-order valence-corrected chi connectivity index (χ1v) is 9.64. The smallest absolute Gasteiger partial charge is 0.426 e. The van der Waals surface area contributed by atoms with Crippen molar-refractivity contribution in [2.24, 2.45) is 0 Å². The molecule has 0 atom stereocenters. The lowest BCUT2D eigenvalue weighted by Gasteiger charge is -2.34. The standard InChI is InChI=1S/C15H13F9N2O4S/c16-13(17,18)9-2-1-3-10(8-9)31(28,29)26-6-4-25(5-7-26)12(27)30-11(14(19,20)21)15(22,23)24/h1-3,8,11H,4-7H2.